The number of nitrogens with zero attached hydrogens (tertiary/aromatic N) is 5. The first-order valence-corrected chi connectivity index (χ1v) is 8.39. The maximum absolute atomic E-state index is 12.3. The summed E-state index contributed by atoms with van der Waals surface area (Å²) >= 11 is 1.38. The largest absolute Gasteiger partial charge is 0.386 e. The van der Waals surface area contributed by atoms with Gasteiger partial charge in [-0.3, -0.25) is 9.78 Å². The molecule has 1 amide bonds. The smallest absolute Gasteiger partial charge is 0.273 e. The van der Waals surface area contributed by atoms with Crippen molar-refractivity contribution in [3.05, 3.63) is 35.2 Å². The summed E-state index contributed by atoms with van der Waals surface area (Å²) in [7, 11) is 1.70. The van der Waals surface area contributed by atoms with Crippen LogP contribution < -0.4 is 4.90 Å². The Labute approximate surface area is 138 Å². The van der Waals surface area contributed by atoms with Crippen molar-refractivity contribution in [3.63, 3.8) is 0 Å². The van der Waals surface area contributed by atoms with Gasteiger partial charge in [0.05, 0.1) is 23.9 Å². The van der Waals surface area contributed by atoms with Crippen LogP contribution in [0.15, 0.2) is 29.5 Å². The van der Waals surface area contributed by atoms with Crippen molar-refractivity contribution >= 4 is 23.1 Å². The molecule has 23 heavy (non-hydrogen) atoms. The van der Waals surface area contributed by atoms with Gasteiger partial charge in [-0.1, -0.05) is 0 Å². The number of amides is 1. The van der Waals surface area contributed by atoms with Crippen molar-refractivity contribution < 1.29 is 9.90 Å². The predicted molar refractivity (Wildman–Crippen MR) is 87.5 cm³/mol. The van der Waals surface area contributed by atoms with Gasteiger partial charge >= 0.3 is 0 Å². The Balaban J connectivity index is 1.67. The van der Waals surface area contributed by atoms with E-state index in [9.17, 15) is 9.90 Å². The number of hydrogen-bond donors (Lipinski definition) is 1. The van der Waals surface area contributed by atoms with Crippen LogP contribution in [0.4, 0.5) is 5.82 Å². The number of carbonyl (C=O) groups excluding carboxylic acids is 1. The minimum Gasteiger partial charge on any atom is -0.386 e. The third-order valence-electron chi connectivity index (χ3n) is 3.96. The van der Waals surface area contributed by atoms with Crippen LogP contribution in [0.5, 0.6) is 0 Å². The molecule has 0 radical (unpaired) electrons. The molecular formula is C15H19N5O2S. The van der Waals surface area contributed by atoms with Crippen LogP contribution in [-0.2, 0) is 0 Å². The first-order chi connectivity index (χ1) is 11.1. The van der Waals surface area contributed by atoms with E-state index >= 15 is 0 Å². The monoisotopic (exact) mass is 333 g/mol. The van der Waals surface area contributed by atoms with Crippen LogP contribution in [0, 0.1) is 0 Å². The Hall–Kier alpha value is -2.06. The Morgan fingerprint density at radius 1 is 1.48 bits per heavy atom. The van der Waals surface area contributed by atoms with Gasteiger partial charge in [-0.05, 0) is 12.8 Å². The van der Waals surface area contributed by atoms with Crippen LogP contribution >= 0.6 is 11.3 Å². The van der Waals surface area contributed by atoms with Crippen molar-refractivity contribution in [2.45, 2.75) is 18.4 Å². The van der Waals surface area contributed by atoms with Gasteiger partial charge in [-0.25, -0.2) is 9.97 Å². The summed E-state index contributed by atoms with van der Waals surface area (Å²) in [5.41, 5.74) is 1.09. The molecule has 3 rings (SSSR count). The van der Waals surface area contributed by atoms with E-state index in [1.807, 2.05) is 4.90 Å². The number of anilines is 1. The zero-order valence-corrected chi connectivity index (χ0v) is 13.7. The summed E-state index contributed by atoms with van der Waals surface area (Å²) < 4.78 is 0. The first-order valence-electron chi connectivity index (χ1n) is 7.44. The highest BCUT2D eigenvalue weighted by Crippen LogP contribution is 2.25. The lowest BCUT2D eigenvalue weighted by Crippen LogP contribution is -2.55. The second kappa shape index (κ2) is 6.59. The summed E-state index contributed by atoms with van der Waals surface area (Å²) in [6.45, 7) is 1.52. The number of likely N-dealkylation sites (N-methyl/N-ethyl adjacent to an activating group) is 1. The molecule has 2 aromatic heterocycles. The highest BCUT2D eigenvalue weighted by atomic mass is 32.1. The Morgan fingerprint density at radius 3 is 3.04 bits per heavy atom. The molecule has 1 aliphatic heterocycles. The van der Waals surface area contributed by atoms with E-state index in [1.54, 1.807) is 36.5 Å². The maximum Gasteiger partial charge on any atom is 0.273 e. The lowest BCUT2D eigenvalue weighted by atomic mass is 9.92. The van der Waals surface area contributed by atoms with Crippen molar-refractivity contribution in [2.75, 3.05) is 31.6 Å². The highest BCUT2D eigenvalue weighted by Gasteiger charge is 2.36. The fraction of sp³-hybridized carbons (Fsp3) is 0.467. The first kappa shape index (κ1) is 15.8. The molecule has 1 N–H and O–H groups in total. The molecule has 0 aliphatic carbocycles. The number of rotatable bonds is 4. The van der Waals surface area contributed by atoms with Gasteiger partial charge in [0.25, 0.3) is 5.91 Å². The number of β-amino-alcohol motifs (C(OH)–C–C–N with tert-alkyl or cyclic N) is 1. The zero-order chi connectivity index (χ0) is 16.3. The minimum atomic E-state index is -0.962. The average molecular weight is 333 g/mol. The molecule has 3 heterocycles. The van der Waals surface area contributed by atoms with E-state index in [4.69, 9.17) is 0 Å². The fourth-order valence-electron chi connectivity index (χ4n) is 2.92. The van der Waals surface area contributed by atoms with Gasteiger partial charge in [0.15, 0.2) is 0 Å². The standard InChI is InChI=1S/C15H19N5O2S/c1-19(14(21)12-8-23-11-18-12)9-15(22)3-2-6-20(10-15)13-7-16-4-5-17-13/h4-5,7-8,11,22H,2-3,6,9-10H2,1H3/t15-/m0/s1. The predicted octanol–water partition coefficient (Wildman–Crippen LogP) is 1.04. The summed E-state index contributed by atoms with van der Waals surface area (Å²) in [6, 6.07) is 0. The molecule has 1 atom stereocenters. The maximum atomic E-state index is 12.3. The van der Waals surface area contributed by atoms with Crippen LogP contribution in [0.2, 0.25) is 0 Å². The van der Waals surface area contributed by atoms with Crippen LogP contribution in [0.25, 0.3) is 0 Å². The molecule has 7 nitrogen and oxygen atoms in total. The SMILES string of the molecule is CN(C[C@@]1(O)CCCN(c2cnccn2)C1)C(=O)c1cscn1. The third kappa shape index (κ3) is 3.65. The van der Waals surface area contributed by atoms with Crippen LogP contribution in [0.3, 0.4) is 0 Å². The molecule has 0 saturated carbocycles. The van der Waals surface area contributed by atoms with E-state index < -0.39 is 5.60 Å². The normalized spacial score (nSPS) is 21.2. The molecule has 0 aromatic carbocycles. The zero-order valence-electron chi connectivity index (χ0n) is 12.9. The van der Waals surface area contributed by atoms with Gasteiger partial charge in [0.1, 0.15) is 11.5 Å². The number of piperidine rings is 1. The fourth-order valence-corrected chi connectivity index (χ4v) is 3.44. The number of carbonyl (C=O) groups is 1. The van der Waals surface area contributed by atoms with E-state index in [-0.39, 0.29) is 12.5 Å². The molecule has 8 heteroatoms. The second-order valence-corrected chi connectivity index (χ2v) is 6.57. The van der Waals surface area contributed by atoms with Gasteiger partial charge in [-0.2, -0.15) is 0 Å². The third-order valence-corrected chi connectivity index (χ3v) is 4.54. The van der Waals surface area contributed by atoms with Gasteiger partial charge in [-0.15, -0.1) is 11.3 Å². The summed E-state index contributed by atoms with van der Waals surface area (Å²) in [5.74, 6) is 0.579. The Bertz CT molecular complexity index is 651. The summed E-state index contributed by atoms with van der Waals surface area (Å²) in [6.07, 6.45) is 6.45. The van der Waals surface area contributed by atoms with E-state index in [0.29, 0.717) is 18.7 Å². The summed E-state index contributed by atoms with van der Waals surface area (Å²) in [4.78, 5) is 28.2. The highest BCUT2D eigenvalue weighted by molar-refractivity contribution is 7.07. The van der Waals surface area contributed by atoms with Crippen LogP contribution in [0.1, 0.15) is 23.3 Å². The molecule has 1 aliphatic rings. The van der Waals surface area contributed by atoms with Crippen LogP contribution in [-0.4, -0.2) is 63.1 Å². The molecule has 0 bridgehead atoms. The number of hydrogen-bond acceptors (Lipinski definition) is 7. The molecule has 1 saturated heterocycles. The van der Waals surface area contributed by atoms with E-state index in [1.165, 1.54) is 16.2 Å². The number of thiazole rings is 1. The van der Waals surface area contributed by atoms with Gasteiger partial charge < -0.3 is 14.9 Å². The Kier molecular flexibility index (Phi) is 4.53. The number of aliphatic hydroxyl groups is 1. The molecule has 0 spiro atoms. The topological polar surface area (TPSA) is 82.5 Å². The minimum absolute atomic E-state index is 0.170. The Morgan fingerprint density at radius 2 is 2.35 bits per heavy atom. The molecule has 0 unspecified atom stereocenters. The van der Waals surface area contributed by atoms with Crippen molar-refractivity contribution in [1.82, 2.24) is 19.9 Å². The average Bonchev–Trinajstić information content (AvgIpc) is 3.09. The van der Waals surface area contributed by atoms with Crippen molar-refractivity contribution in [1.29, 1.82) is 0 Å². The van der Waals surface area contributed by atoms with Crippen molar-refractivity contribution in [2.24, 2.45) is 0 Å². The number of aromatic nitrogens is 3. The van der Waals surface area contributed by atoms with Crippen molar-refractivity contribution in [3.8, 4) is 0 Å². The van der Waals surface area contributed by atoms with E-state index in [0.717, 1.165) is 18.8 Å². The molecule has 122 valence electrons. The van der Waals surface area contributed by atoms with E-state index in [2.05, 4.69) is 15.0 Å². The van der Waals surface area contributed by atoms with Gasteiger partial charge in [0, 0.05) is 37.9 Å². The molecular weight excluding hydrogens is 314 g/mol. The summed E-state index contributed by atoms with van der Waals surface area (Å²) in [5, 5.41) is 12.6. The van der Waals surface area contributed by atoms with Gasteiger partial charge in [0.2, 0.25) is 0 Å². The lowest BCUT2D eigenvalue weighted by molar-refractivity contribution is -0.000268. The molecule has 1 fully saturated rings. The lowest BCUT2D eigenvalue weighted by Gasteiger charge is -2.41. The second-order valence-electron chi connectivity index (χ2n) is 5.85. The quantitative estimate of drug-likeness (QED) is 0.900. The molecule has 2 aromatic rings.